The molecule has 116 valence electrons. The molecule has 1 aromatic rings. The van der Waals surface area contributed by atoms with Crippen molar-refractivity contribution in [2.75, 3.05) is 26.1 Å². The zero-order valence-electron chi connectivity index (χ0n) is 12.6. The van der Waals surface area contributed by atoms with Gasteiger partial charge in [0, 0.05) is 25.9 Å². The van der Waals surface area contributed by atoms with E-state index in [1.807, 2.05) is 13.8 Å². The summed E-state index contributed by atoms with van der Waals surface area (Å²) in [5.74, 6) is 0.351. The number of anilines is 1. The van der Waals surface area contributed by atoms with Crippen LogP contribution in [-0.4, -0.2) is 38.9 Å². The molecule has 0 fully saturated rings. The Morgan fingerprint density at radius 3 is 2.52 bits per heavy atom. The van der Waals surface area contributed by atoms with Crippen LogP contribution in [0.5, 0.6) is 11.5 Å². The molecule has 0 aromatic heterocycles. The van der Waals surface area contributed by atoms with E-state index in [9.17, 15) is 9.59 Å². The summed E-state index contributed by atoms with van der Waals surface area (Å²) in [6.07, 6.45) is -0.707. The highest BCUT2D eigenvalue weighted by Crippen LogP contribution is 2.31. The van der Waals surface area contributed by atoms with Crippen LogP contribution in [0.15, 0.2) is 18.2 Å². The molecule has 0 radical (unpaired) electrons. The van der Waals surface area contributed by atoms with Gasteiger partial charge < -0.3 is 24.8 Å². The quantitative estimate of drug-likeness (QED) is 0.835. The van der Waals surface area contributed by atoms with E-state index in [0.717, 1.165) is 0 Å². The van der Waals surface area contributed by atoms with E-state index in [1.165, 1.54) is 14.2 Å². The van der Waals surface area contributed by atoms with Crippen molar-refractivity contribution < 1.29 is 23.8 Å². The van der Waals surface area contributed by atoms with Crippen LogP contribution < -0.4 is 20.1 Å². The summed E-state index contributed by atoms with van der Waals surface area (Å²) in [7, 11) is 2.90. The molecule has 7 heteroatoms. The summed E-state index contributed by atoms with van der Waals surface area (Å²) in [6, 6.07) is 4.75. The minimum Gasteiger partial charge on any atom is -0.487 e. The van der Waals surface area contributed by atoms with Gasteiger partial charge in [-0.25, -0.2) is 4.79 Å². The Kier molecular flexibility index (Phi) is 6.48. The molecule has 0 aliphatic carbocycles. The van der Waals surface area contributed by atoms with E-state index >= 15 is 0 Å². The molecule has 21 heavy (non-hydrogen) atoms. The maximum Gasteiger partial charge on any atom is 0.412 e. The van der Waals surface area contributed by atoms with Gasteiger partial charge in [0.1, 0.15) is 6.61 Å². The predicted molar refractivity (Wildman–Crippen MR) is 77.8 cm³/mol. The van der Waals surface area contributed by atoms with Gasteiger partial charge in [0.15, 0.2) is 11.5 Å². The monoisotopic (exact) mass is 296 g/mol. The van der Waals surface area contributed by atoms with Gasteiger partial charge in [-0.3, -0.25) is 4.79 Å². The second-order valence-electron chi connectivity index (χ2n) is 4.45. The Bertz CT molecular complexity index is 502. The zero-order chi connectivity index (χ0) is 15.8. The van der Waals surface area contributed by atoms with Gasteiger partial charge in [-0.15, -0.1) is 0 Å². The predicted octanol–water partition coefficient (Wildman–Crippen LogP) is 1.78. The molecule has 0 bridgehead atoms. The third-order valence-corrected chi connectivity index (χ3v) is 2.27. The Morgan fingerprint density at radius 1 is 1.24 bits per heavy atom. The molecule has 0 spiro atoms. The SMILES string of the molecule is CNC(=O)Oc1ccc(NC(=O)COC)cc1OC(C)C. The maximum atomic E-state index is 11.5. The van der Waals surface area contributed by atoms with Gasteiger partial charge in [0.25, 0.3) is 0 Å². The van der Waals surface area contributed by atoms with Crippen molar-refractivity contribution in [1.82, 2.24) is 5.32 Å². The van der Waals surface area contributed by atoms with Crippen molar-refractivity contribution in [1.29, 1.82) is 0 Å². The number of ether oxygens (including phenoxy) is 3. The summed E-state index contributed by atoms with van der Waals surface area (Å²) >= 11 is 0. The van der Waals surface area contributed by atoms with Gasteiger partial charge in [0.2, 0.25) is 5.91 Å². The number of carbonyl (C=O) groups excluding carboxylic acids is 2. The number of hydrogen-bond acceptors (Lipinski definition) is 5. The second kappa shape index (κ2) is 8.11. The van der Waals surface area contributed by atoms with Crippen molar-refractivity contribution in [2.24, 2.45) is 0 Å². The number of benzene rings is 1. The van der Waals surface area contributed by atoms with Crippen molar-refractivity contribution in [3.05, 3.63) is 18.2 Å². The number of rotatable bonds is 6. The highest BCUT2D eigenvalue weighted by molar-refractivity contribution is 5.92. The van der Waals surface area contributed by atoms with E-state index in [0.29, 0.717) is 11.4 Å². The van der Waals surface area contributed by atoms with Crippen LogP contribution in [0.2, 0.25) is 0 Å². The Hall–Kier alpha value is -2.28. The maximum absolute atomic E-state index is 11.5. The molecule has 1 aromatic carbocycles. The van der Waals surface area contributed by atoms with Crippen LogP contribution in [0.25, 0.3) is 0 Å². The molecule has 1 rings (SSSR count). The van der Waals surface area contributed by atoms with Crippen molar-refractivity contribution in [3.8, 4) is 11.5 Å². The first-order valence-electron chi connectivity index (χ1n) is 6.45. The van der Waals surface area contributed by atoms with Gasteiger partial charge >= 0.3 is 6.09 Å². The summed E-state index contributed by atoms with van der Waals surface area (Å²) < 4.78 is 15.4. The standard InChI is InChI=1S/C14H20N2O5/c1-9(2)20-12-7-10(16-13(17)8-19-4)5-6-11(12)21-14(18)15-3/h5-7,9H,8H2,1-4H3,(H,15,18)(H,16,17). The van der Waals surface area contributed by atoms with E-state index in [2.05, 4.69) is 10.6 Å². The highest BCUT2D eigenvalue weighted by Gasteiger charge is 2.13. The molecule has 0 saturated carbocycles. The first-order chi connectivity index (χ1) is 9.96. The number of carbonyl (C=O) groups is 2. The van der Waals surface area contributed by atoms with Gasteiger partial charge in [-0.2, -0.15) is 0 Å². The van der Waals surface area contributed by atoms with Gasteiger partial charge in [-0.05, 0) is 26.0 Å². The number of amides is 2. The smallest absolute Gasteiger partial charge is 0.412 e. The van der Waals surface area contributed by atoms with Crippen LogP contribution in [0.4, 0.5) is 10.5 Å². The molecular weight excluding hydrogens is 276 g/mol. The van der Waals surface area contributed by atoms with Crippen molar-refractivity contribution in [3.63, 3.8) is 0 Å². The summed E-state index contributed by atoms with van der Waals surface area (Å²) in [5.41, 5.74) is 0.525. The molecule has 0 atom stereocenters. The fourth-order valence-electron chi connectivity index (χ4n) is 1.50. The zero-order valence-corrected chi connectivity index (χ0v) is 12.6. The first-order valence-corrected chi connectivity index (χ1v) is 6.45. The van der Waals surface area contributed by atoms with E-state index in [-0.39, 0.29) is 24.4 Å². The normalized spacial score (nSPS) is 10.1. The van der Waals surface area contributed by atoms with E-state index in [1.54, 1.807) is 18.2 Å². The summed E-state index contributed by atoms with van der Waals surface area (Å²) in [5, 5.41) is 5.01. The molecule has 0 aliphatic rings. The van der Waals surface area contributed by atoms with E-state index in [4.69, 9.17) is 14.2 Å². The number of hydrogen-bond donors (Lipinski definition) is 2. The van der Waals surface area contributed by atoms with Crippen molar-refractivity contribution >= 4 is 17.7 Å². The van der Waals surface area contributed by atoms with Gasteiger partial charge in [0.05, 0.1) is 6.10 Å². The lowest BCUT2D eigenvalue weighted by molar-refractivity contribution is -0.119. The first kappa shape index (κ1) is 16.8. The molecule has 0 heterocycles. The van der Waals surface area contributed by atoms with Crippen LogP contribution in [-0.2, 0) is 9.53 Å². The van der Waals surface area contributed by atoms with Gasteiger partial charge in [-0.1, -0.05) is 0 Å². The molecular formula is C14H20N2O5. The third kappa shape index (κ3) is 5.70. The second-order valence-corrected chi connectivity index (χ2v) is 4.45. The van der Waals surface area contributed by atoms with Crippen LogP contribution in [0.1, 0.15) is 13.8 Å². The Labute approximate surface area is 123 Å². The highest BCUT2D eigenvalue weighted by atomic mass is 16.6. The van der Waals surface area contributed by atoms with Crippen LogP contribution in [0, 0.1) is 0 Å². The minimum absolute atomic E-state index is 0.0448. The van der Waals surface area contributed by atoms with Crippen molar-refractivity contribution in [2.45, 2.75) is 20.0 Å². The fraction of sp³-hybridized carbons (Fsp3) is 0.429. The van der Waals surface area contributed by atoms with E-state index < -0.39 is 6.09 Å². The molecule has 0 saturated heterocycles. The summed E-state index contributed by atoms with van der Waals surface area (Å²) in [6.45, 7) is 3.65. The molecule has 2 amide bonds. The summed E-state index contributed by atoms with van der Waals surface area (Å²) in [4.78, 5) is 22.8. The lowest BCUT2D eigenvalue weighted by Crippen LogP contribution is -2.23. The largest absolute Gasteiger partial charge is 0.487 e. The Morgan fingerprint density at radius 2 is 1.95 bits per heavy atom. The fourth-order valence-corrected chi connectivity index (χ4v) is 1.50. The molecule has 0 aliphatic heterocycles. The lowest BCUT2D eigenvalue weighted by atomic mass is 10.2. The molecule has 7 nitrogen and oxygen atoms in total. The molecule has 2 N–H and O–H groups in total. The third-order valence-electron chi connectivity index (χ3n) is 2.27. The lowest BCUT2D eigenvalue weighted by Gasteiger charge is -2.15. The number of nitrogens with one attached hydrogen (secondary N) is 2. The average Bonchev–Trinajstić information content (AvgIpc) is 2.41. The minimum atomic E-state index is -0.597. The average molecular weight is 296 g/mol. The van der Waals surface area contributed by atoms with Crippen LogP contribution >= 0.6 is 0 Å². The van der Waals surface area contributed by atoms with Crippen LogP contribution in [0.3, 0.4) is 0 Å². The molecule has 0 unspecified atom stereocenters. The topological polar surface area (TPSA) is 85.9 Å². The number of methoxy groups -OCH3 is 1. The Balaban J connectivity index is 2.94.